The quantitative estimate of drug-likeness (QED) is 0.921. The SMILES string of the molecule is NCC1CCCCN1c1ccc(-c2ccccn2)nn1. The average molecular weight is 269 g/mol. The molecule has 0 aromatic carbocycles. The van der Waals surface area contributed by atoms with Gasteiger partial charge in [-0.3, -0.25) is 4.98 Å². The molecule has 0 bridgehead atoms. The normalized spacial score (nSPS) is 19.1. The first-order chi connectivity index (χ1) is 9.88. The Bertz CT molecular complexity index is 540. The van der Waals surface area contributed by atoms with Gasteiger partial charge >= 0.3 is 0 Å². The van der Waals surface area contributed by atoms with Gasteiger partial charge in [-0.2, -0.15) is 0 Å². The number of anilines is 1. The third-order valence-electron chi connectivity index (χ3n) is 3.77. The monoisotopic (exact) mass is 269 g/mol. The van der Waals surface area contributed by atoms with Crippen molar-refractivity contribution in [1.29, 1.82) is 0 Å². The lowest BCUT2D eigenvalue weighted by Crippen LogP contribution is -2.44. The molecule has 2 N–H and O–H groups in total. The number of nitrogens with zero attached hydrogens (tertiary/aromatic N) is 4. The van der Waals surface area contributed by atoms with Crippen molar-refractivity contribution in [3.8, 4) is 11.4 Å². The minimum absolute atomic E-state index is 0.388. The van der Waals surface area contributed by atoms with Gasteiger partial charge in [0.1, 0.15) is 5.69 Å². The standard InChI is InChI=1S/C15H19N5/c16-11-12-5-2-4-10-20(12)15-8-7-14(18-19-15)13-6-1-3-9-17-13/h1,3,6-9,12H,2,4-5,10-11,16H2. The molecule has 1 saturated heterocycles. The molecule has 3 rings (SSSR count). The molecule has 0 radical (unpaired) electrons. The van der Waals surface area contributed by atoms with Gasteiger partial charge in [-0.1, -0.05) is 6.07 Å². The van der Waals surface area contributed by atoms with E-state index in [2.05, 4.69) is 20.1 Å². The van der Waals surface area contributed by atoms with Crippen LogP contribution in [0.25, 0.3) is 11.4 Å². The Hall–Kier alpha value is -2.01. The molecule has 0 amide bonds. The molecule has 1 unspecified atom stereocenters. The third kappa shape index (κ3) is 2.63. The van der Waals surface area contributed by atoms with E-state index in [0.29, 0.717) is 12.6 Å². The molecule has 1 aliphatic heterocycles. The summed E-state index contributed by atoms with van der Waals surface area (Å²) in [5.41, 5.74) is 7.50. The van der Waals surface area contributed by atoms with Crippen LogP contribution in [0.2, 0.25) is 0 Å². The van der Waals surface area contributed by atoms with Crippen molar-refractivity contribution in [2.45, 2.75) is 25.3 Å². The van der Waals surface area contributed by atoms with Gasteiger partial charge in [-0.25, -0.2) is 0 Å². The largest absolute Gasteiger partial charge is 0.351 e. The maximum absolute atomic E-state index is 5.85. The first-order valence-corrected chi connectivity index (χ1v) is 7.10. The van der Waals surface area contributed by atoms with Gasteiger partial charge in [-0.05, 0) is 43.5 Å². The molecule has 2 aromatic rings. The van der Waals surface area contributed by atoms with Crippen molar-refractivity contribution in [3.05, 3.63) is 36.5 Å². The zero-order valence-corrected chi connectivity index (χ0v) is 11.4. The number of rotatable bonds is 3. The summed E-state index contributed by atoms with van der Waals surface area (Å²) in [6.07, 6.45) is 5.35. The zero-order chi connectivity index (χ0) is 13.8. The van der Waals surface area contributed by atoms with Gasteiger partial charge in [0.15, 0.2) is 5.82 Å². The Kier molecular flexibility index (Phi) is 3.87. The van der Waals surface area contributed by atoms with Crippen LogP contribution in [0.1, 0.15) is 19.3 Å². The number of nitrogens with two attached hydrogens (primary N) is 1. The predicted octanol–water partition coefficient (Wildman–Crippen LogP) is 1.86. The van der Waals surface area contributed by atoms with E-state index in [1.807, 2.05) is 30.3 Å². The molecule has 2 aromatic heterocycles. The lowest BCUT2D eigenvalue weighted by Gasteiger charge is -2.35. The van der Waals surface area contributed by atoms with Crippen LogP contribution in [0.15, 0.2) is 36.5 Å². The Morgan fingerprint density at radius 1 is 1.10 bits per heavy atom. The molecule has 0 spiro atoms. The molecule has 5 nitrogen and oxygen atoms in total. The minimum atomic E-state index is 0.388. The Morgan fingerprint density at radius 2 is 2.05 bits per heavy atom. The highest BCUT2D eigenvalue weighted by atomic mass is 15.3. The van der Waals surface area contributed by atoms with Gasteiger partial charge in [-0.15, -0.1) is 10.2 Å². The van der Waals surface area contributed by atoms with Gasteiger partial charge in [0.25, 0.3) is 0 Å². The van der Waals surface area contributed by atoms with E-state index in [9.17, 15) is 0 Å². The van der Waals surface area contributed by atoms with Crippen molar-refractivity contribution in [2.24, 2.45) is 5.73 Å². The number of aromatic nitrogens is 3. The van der Waals surface area contributed by atoms with E-state index in [-0.39, 0.29) is 0 Å². The van der Waals surface area contributed by atoms with Gasteiger partial charge in [0.2, 0.25) is 0 Å². The molecule has 3 heterocycles. The highest BCUT2D eigenvalue weighted by Crippen LogP contribution is 2.23. The fraction of sp³-hybridized carbons (Fsp3) is 0.400. The topological polar surface area (TPSA) is 67.9 Å². The summed E-state index contributed by atoms with van der Waals surface area (Å²) < 4.78 is 0. The second-order valence-corrected chi connectivity index (χ2v) is 5.07. The summed E-state index contributed by atoms with van der Waals surface area (Å²) >= 11 is 0. The first kappa shape index (κ1) is 13.0. The van der Waals surface area contributed by atoms with Crippen LogP contribution in [-0.2, 0) is 0 Å². The number of hydrogen-bond acceptors (Lipinski definition) is 5. The molecular weight excluding hydrogens is 250 g/mol. The van der Waals surface area contributed by atoms with Crippen molar-refractivity contribution < 1.29 is 0 Å². The van der Waals surface area contributed by atoms with E-state index in [4.69, 9.17) is 5.73 Å². The molecule has 104 valence electrons. The Morgan fingerprint density at radius 3 is 2.75 bits per heavy atom. The van der Waals surface area contributed by atoms with E-state index in [1.165, 1.54) is 12.8 Å². The van der Waals surface area contributed by atoms with Crippen molar-refractivity contribution in [2.75, 3.05) is 18.0 Å². The molecule has 5 heteroatoms. The molecule has 20 heavy (non-hydrogen) atoms. The Labute approximate surface area is 118 Å². The number of pyridine rings is 1. The summed E-state index contributed by atoms with van der Waals surface area (Å²) in [5.74, 6) is 0.917. The first-order valence-electron chi connectivity index (χ1n) is 7.10. The smallest absolute Gasteiger partial charge is 0.151 e. The highest BCUT2D eigenvalue weighted by molar-refractivity contribution is 5.55. The number of hydrogen-bond donors (Lipinski definition) is 1. The molecule has 0 aliphatic carbocycles. The summed E-state index contributed by atoms with van der Waals surface area (Å²) in [5, 5.41) is 8.66. The second-order valence-electron chi connectivity index (χ2n) is 5.07. The van der Waals surface area contributed by atoms with Crippen molar-refractivity contribution in [3.63, 3.8) is 0 Å². The van der Waals surface area contributed by atoms with Crippen LogP contribution < -0.4 is 10.6 Å². The summed E-state index contributed by atoms with van der Waals surface area (Å²) in [6.45, 7) is 1.68. The second kappa shape index (κ2) is 5.96. The number of piperidine rings is 1. The lowest BCUT2D eigenvalue weighted by atomic mass is 10.0. The summed E-state index contributed by atoms with van der Waals surface area (Å²) in [4.78, 5) is 6.56. The maximum Gasteiger partial charge on any atom is 0.151 e. The van der Waals surface area contributed by atoms with Crippen LogP contribution >= 0.6 is 0 Å². The molecule has 1 atom stereocenters. The van der Waals surface area contributed by atoms with E-state index >= 15 is 0 Å². The van der Waals surface area contributed by atoms with Crippen molar-refractivity contribution in [1.82, 2.24) is 15.2 Å². The fourth-order valence-electron chi connectivity index (χ4n) is 2.68. The van der Waals surface area contributed by atoms with E-state index < -0.39 is 0 Å². The molecular formula is C15H19N5. The fourth-order valence-corrected chi connectivity index (χ4v) is 2.68. The van der Waals surface area contributed by atoms with Crippen LogP contribution in [0.3, 0.4) is 0 Å². The third-order valence-corrected chi connectivity index (χ3v) is 3.77. The summed E-state index contributed by atoms with van der Waals surface area (Å²) in [6, 6.07) is 10.2. The van der Waals surface area contributed by atoms with Gasteiger partial charge < -0.3 is 10.6 Å². The average Bonchev–Trinajstić information content (AvgIpc) is 2.56. The van der Waals surface area contributed by atoms with E-state index in [1.54, 1.807) is 6.20 Å². The van der Waals surface area contributed by atoms with Crippen molar-refractivity contribution >= 4 is 5.82 Å². The van der Waals surface area contributed by atoms with E-state index in [0.717, 1.165) is 30.2 Å². The van der Waals surface area contributed by atoms with Crippen LogP contribution in [0, 0.1) is 0 Å². The highest BCUT2D eigenvalue weighted by Gasteiger charge is 2.22. The molecule has 1 fully saturated rings. The van der Waals surface area contributed by atoms with Gasteiger partial charge in [0.05, 0.1) is 5.69 Å². The van der Waals surface area contributed by atoms with Gasteiger partial charge in [0, 0.05) is 25.3 Å². The van der Waals surface area contributed by atoms with Crippen LogP contribution in [-0.4, -0.2) is 34.3 Å². The van der Waals surface area contributed by atoms with Crippen LogP contribution in [0.4, 0.5) is 5.82 Å². The zero-order valence-electron chi connectivity index (χ0n) is 11.4. The minimum Gasteiger partial charge on any atom is -0.351 e. The predicted molar refractivity (Wildman–Crippen MR) is 79.3 cm³/mol. The van der Waals surface area contributed by atoms with Crippen LogP contribution in [0.5, 0.6) is 0 Å². The maximum atomic E-state index is 5.85. The molecule has 0 saturated carbocycles. The lowest BCUT2D eigenvalue weighted by molar-refractivity contribution is 0.461. The Balaban J connectivity index is 1.82. The molecule has 1 aliphatic rings. The summed E-state index contributed by atoms with van der Waals surface area (Å²) in [7, 11) is 0.